The van der Waals surface area contributed by atoms with E-state index in [1.54, 1.807) is 7.11 Å². The van der Waals surface area contributed by atoms with Crippen molar-refractivity contribution in [2.75, 3.05) is 7.11 Å². The minimum absolute atomic E-state index is 0.0943. The standard InChI is InChI=1S/C16H20O2.2C2H4O/c1-6-15(17)14-10-13(8-7-11(2)3)12(4)9-16(14)18-5;2*1-2-3/h7-10H,2,6H2,1,3-5H3;2*2H,1H3/b8-7-;;. The Balaban J connectivity index is 0. The van der Waals surface area contributed by atoms with Crippen molar-refractivity contribution in [3.05, 3.63) is 47.1 Å². The molecular formula is C20H28O4. The molecule has 24 heavy (non-hydrogen) atoms. The normalized spacial score (nSPS) is 9.08. The highest BCUT2D eigenvalue weighted by Crippen LogP contribution is 2.25. The summed E-state index contributed by atoms with van der Waals surface area (Å²) in [5.41, 5.74) is 3.73. The quantitative estimate of drug-likeness (QED) is 0.449. The highest BCUT2D eigenvalue weighted by atomic mass is 16.5. The van der Waals surface area contributed by atoms with Crippen LogP contribution in [0.25, 0.3) is 6.08 Å². The van der Waals surface area contributed by atoms with Gasteiger partial charge in [-0.1, -0.05) is 31.2 Å². The molecule has 0 unspecified atom stereocenters. The van der Waals surface area contributed by atoms with Crippen LogP contribution in [0.2, 0.25) is 0 Å². The van der Waals surface area contributed by atoms with Crippen molar-refractivity contribution in [2.24, 2.45) is 0 Å². The molecule has 0 spiro atoms. The lowest BCUT2D eigenvalue weighted by Crippen LogP contribution is -2.02. The molecule has 0 aliphatic rings. The van der Waals surface area contributed by atoms with Crippen molar-refractivity contribution in [3.63, 3.8) is 0 Å². The summed E-state index contributed by atoms with van der Waals surface area (Å²) in [6.45, 7) is 12.5. The van der Waals surface area contributed by atoms with Crippen molar-refractivity contribution in [3.8, 4) is 5.75 Å². The maximum atomic E-state index is 11.9. The molecule has 0 bridgehead atoms. The molecule has 0 radical (unpaired) electrons. The van der Waals surface area contributed by atoms with Crippen molar-refractivity contribution in [2.45, 2.75) is 41.0 Å². The molecule has 0 aliphatic carbocycles. The number of hydrogen-bond acceptors (Lipinski definition) is 4. The molecule has 0 aliphatic heterocycles. The fourth-order valence-corrected chi connectivity index (χ4v) is 1.69. The SMILES string of the molecule is C=C(C)/C=C\c1cc(C(=O)CC)c(OC)cc1C.CC=O.CC=O. The first-order chi connectivity index (χ1) is 11.3. The van der Waals surface area contributed by atoms with Crippen LogP contribution in [0, 0.1) is 6.92 Å². The monoisotopic (exact) mass is 332 g/mol. The Morgan fingerprint density at radius 3 is 2.08 bits per heavy atom. The van der Waals surface area contributed by atoms with Gasteiger partial charge in [0, 0.05) is 6.42 Å². The lowest BCUT2D eigenvalue weighted by molar-refractivity contribution is -0.106. The molecule has 1 aromatic rings. The molecule has 0 aromatic heterocycles. The van der Waals surface area contributed by atoms with Crippen LogP contribution in [0.5, 0.6) is 5.75 Å². The molecule has 1 rings (SSSR count). The first-order valence-corrected chi connectivity index (χ1v) is 7.67. The zero-order chi connectivity index (χ0) is 19.1. The molecule has 0 N–H and O–H groups in total. The summed E-state index contributed by atoms with van der Waals surface area (Å²) < 4.78 is 5.27. The second-order valence-corrected chi connectivity index (χ2v) is 4.84. The molecular weight excluding hydrogens is 304 g/mol. The third kappa shape index (κ3) is 9.51. The van der Waals surface area contributed by atoms with E-state index in [0.717, 1.165) is 29.3 Å². The molecule has 4 heteroatoms. The Morgan fingerprint density at radius 2 is 1.71 bits per heavy atom. The number of benzene rings is 1. The van der Waals surface area contributed by atoms with E-state index in [2.05, 4.69) is 6.58 Å². The zero-order valence-electron chi connectivity index (χ0n) is 15.5. The Kier molecular flexibility index (Phi) is 14.0. The second-order valence-electron chi connectivity index (χ2n) is 4.84. The number of rotatable bonds is 5. The van der Waals surface area contributed by atoms with Gasteiger partial charge in [0.05, 0.1) is 12.7 Å². The van der Waals surface area contributed by atoms with E-state index in [9.17, 15) is 4.79 Å². The summed E-state index contributed by atoms with van der Waals surface area (Å²) >= 11 is 0. The maximum Gasteiger partial charge on any atom is 0.166 e. The number of allylic oxidation sites excluding steroid dienone is 2. The van der Waals surface area contributed by atoms with Gasteiger partial charge in [-0.25, -0.2) is 0 Å². The van der Waals surface area contributed by atoms with Gasteiger partial charge in [0.2, 0.25) is 0 Å². The van der Waals surface area contributed by atoms with Gasteiger partial charge < -0.3 is 14.3 Å². The van der Waals surface area contributed by atoms with Crippen molar-refractivity contribution < 1.29 is 19.1 Å². The molecule has 1 aromatic carbocycles. The van der Waals surface area contributed by atoms with E-state index in [-0.39, 0.29) is 5.78 Å². The van der Waals surface area contributed by atoms with E-state index in [1.165, 1.54) is 13.8 Å². The van der Waals surface area contributed by atoms with Gasteiger partial charge >= 0.3 is 0 Å². The van der Waals surface area contributed by atoms with Gasteiger partial charge in [0.25, 0.3) is 0 Å². The molecule has 0 fully saturated rings. The summed E-state index contributed by atoms with van der Waals surface area (Å²) in [7, 11) is 1.59. The van der Waals surface area contributed by atoms with E-state index in [0.29, 0.717) is 17.7 Å². The van der Waals surface area contributed by atoms with Gasteiger partial charge in [0.15, 0.2) is 5.78 Å². The molecule has 132 valence electrons. The van der Waals surface area contributed by atoms with Crippen LogP contribution < -0.4 is 4.74 Å². The number of carbonyl (C=O) groups is 3. The van der Waals surface area contributed by atoms with Gasteiger partial charge in [-0.15, -0.1) is 0 Å². The predicted octanol–water partition coefficient (Wildman–Crippen LogP) is 4.60. The molecule has 0 saturated heterocycles. The van der Waals surface area contributed by atoms with E-state index in [1.807, 2.05) is 45.1 Å². The van der Waals surface area contributed by atoms with Gasteiger partial charge in [0.1, 0.15) is 18.3 Å². The Morgan fingerprint density at radius 1 is 1.21 bits per heavy atom. The van der Waals surface area contributed by atoms with E-state index < -0.39 is 0 Å². The van der Waals surface area contributed by atoms with E-state index >= 15 is 0 Å². The van der Waals surface area contributed by atoms with E-state index in [4.69, 9.17) is 14.3 Å². The maximum absolute atomic E-state index is 11.9. The average Bonchev–Trinajstić information content (AvgIpc) is 2.54. The zero-order valence-corrected chi connectivity index (χ0v) is 15.5. The van der Waals surface area contributed by atoms with Crippen LogP contribution in [-0.4, -0.2) is 25.5 Å². The fraction of sp³-hybridized carbons (Fsp3) is 0.350. The predicted molar refractivity (Wildman–Crippen MR) is 99.7 cm³/mol. The molecule has 0 heterocycles. The molecule has 4 nitrogen and oxygen atoms in total. The number of aryl methyl sites for hydroxylation is 1. The van der Waals surface area contributed by atoms with Crippen molar-refractivity contribution in [1.29, 1.82) is 0 Å². The summed E-state index contributed by atoms with van der Waals surface area (Å²) in [5, 5.41) is 0. The minimum Gasteiger partial charge on any atom is -0.496 e. The highest BCUT2D eigenvalue weighted by Gasteiger charge is 2.12. The summed E-state index contributed by atoms with van der Waals surface area (Å²) in [4.78, 5) is 29.5. The Bertz CT molecular complexity index is 578. The fourth-order valence-electron chi connectivity index (χ4n) is 1.69. The number of aldehydes is 2. The number of carbonyl (C=O) groups excluding carboxylic acids is 3. The minimum atomic E-state index is 0.0943. The van der Waals surface area contributed by atoms with Gasteiger partial charge in [-0.2, -0.15) is 0 Å². The number of hydrogen-bond donors (Lipinski definition) is 0. The van der Waals surface area contributed by atoms with Crippen LogP contribution in [0.15, 0.2) is 30.4 Å². The Labute approximate surface area is 145 Å². The molecule has 0 atom stereocenters. The van der Waals surface area contributed by atoms with Gasteiger partial charge in [-0.05, 0) is 51.0 Å². The van der Waals surface area contributed by atoms with Crippen LogP contribution in [0.4, 0.5) is 0 Å². The lowest BCUT2D eigenvalue weighted by atomic mass is 9.99. The van der Waals surface area contributed by atoms with Crippen LogP contribution >= 0.6 is 0 Å². The van der Waals surface area contributed by atoms with Crippen LogP contribution in [0.3, 0.4) is 0 Å². The topological polar surface area (TPSA) is 60.4 Å². The summed E-state index contributed by atoms with van der Waals surface area (Å²) in [6, 6.07) is 3.79. The summed E-state index contributed by atoms with van der Waals surface area (Å²) in [6.07, 6.45) is 5.89. The van der Waals surface area contributed by atoms with Crippen molar-refractivity contribution in [1.82, 2.24) is 0 Å². The van der Waals surface area contributed by atoms with Crippen LogP contribution in [0.1, 0.15) is 55.6 Å². The first-order valence-electron chi connectivity index (χ1n) is 7.67. The molecule has 0 saturated carbocycles. The number of ketones is 1. The molecule has 0 amide bonds. The highest BCUT2D eigenvalue weighted by molar-refractivity contribution is 5.99. The average molecular weight is 332 g/mol. The Hall–Kier alpha value is -2.49. The van der Waals surface area contributed by atoms with Crippen LogP contribution in [-0.2, 0) is 9.59 Å². The van der Waals surface area contributed by atoms with Crippen molar-refractivity contribution >= 4 is 24.4 Å². The largest absolute Gasteiger partial charge is 0.496 e. The number of Topliss-reactive ketones (excluding diaryl/α,β-unsaturated/α-hetero) is 1. The number of methoxy groups -OCH3 is 1. The second kappa shape index (κ2) is 14.1. The third-order valence-corrected chi connectivity index (χ3v) is 2.76. The summed E-state index contributed by atoms with van der Waals surface area (Å²) in [5.74, 6) is 0.739. The van der Waals surface area contributed by atoms with Gasteiger partial charge in [-0.3, -0.25) is 4.79 Å². The smallest absolute Gasteiger partial charge is 0.166 e. The lowest BCUT2D eigenvalue weighted by Gasteiger charge is -2.10. The third-order valence-electron chi connectivity index (χ3n) is 2.76. The number of ether oxygens (including phenoxy) is 1. The first kappa shape index (κ1) is 23.8.